The molecule has 10 heteroatoms. The van der Waals surface area contributed by atoms with Crippen LogP contribution in [0.3, 0.4) is 0 Å². The maximum Gasteiger partial charge on any atom is 0.410 e. The van der Waals surface area contributed by atoms with Crippen LogP contribution in [0.1, 0.15) is 33.3 Å². The molecule has 0 saturated carbocycles. The van der Waals surface area contributed by atoms with Gasteiger partial charge in [-0.1, -0.05) is 30.3 Å². The van der Waals surface area contributed by atoms with Gasteiger partial charge in [-0.2, -0.15) is 0 Å². The molecule has 1 unspecified atom stereocenters. The molecule has 1 aliphatic rings. The molecule has 1 atom stereocenters. The number of nitrogens with one attached hydrogen (secondary N) is 3. The van der Waals surface area contributed by atoms with Gasteiger partial charge in [0.05, 0.1) is 17.4 Å². The summed E-state index contributed by atoms with van der Waals surface area (Å²) in [4.78, 5) is 38.3. The fraction of sp³-hybridized carbons (Fsp3) is 0.400. The fourth-order valence-electron chi connectivity index (χ4n) is 3.26. The standard InChI is InChI=1S/C25H31FN4O5/c1-16(27-23(32)34-15-17-8-6-5-7-9-17)22(31)29-20-11-10-18(26)12-21(20)28-19-13-30(14-19)24(33)35-25(2,3)4/h5-12,16,19,28H,13-15H2,1-4H3,(H,27,32)(H,29,31). The summed E-state index contributed by atoms with van der Waals surface area (Å²) in [5.74, 6) is -0.982. The summed E-state index contributed by atoms with van der Waals surface area (Å²) in [6.07, 6.45) is -1.15. The average molecular weight is 487 g/mol. The molecule has 3 amide bonds. The van der Waals surface area contributed by atoms with Crippen LogP contribution in [-0.2, 0) is 20.9 Å². The molecule has 35 heavy (non-hydrogen) atoms. The van der Waals surface area contributed by atoms with Crippen LogP contribution in [0.4, 0.5) is 25.4 Å². The number of benzene rings is 2. The number of hydrogen-bond donors (Lipinski definition) is 3. The van der Waals surface area contributed by atoms with Gasteiger partial charge in [0.2, 0.25) is 5.91 Å². The molecule has 0 radical (unpaired) electrons. The van der Waals surface area contributed by atoms with Crippen molar-refractivity contribution in [1.82, 2.24) is 10.2 Å². The zero-order valence-electron chi connectivity index (χ0n) is 20.3. The molecule has 9 nitrogen and oxygen atoms in total. The number of likely N-dealkylation sites (tertiary alicyclic amines) is 1. The Morgan fingerprint density at radius 3 is 2.43 bits per heavy atom. The zero-order valence-corrected chi connectivity index (χ0v) is 20.3. The summed E-state index contributed by atoms with van der Waals surface area (Å²) in [5, 5.41) is 8.31. The van der Waals surface area contributed by atoms with Gasteiger partial charge in [0.15, 0.2) is 0 Å². The van der Waals surface area contributed by atoms with Crippen LogP contribution in [0, 0.1) is 5.82 Å². The molecule has 1 saturated heterocycles. The molecule has 188 valence electrons. The van der Waals surface area contributed by atoms with Crippen LogP contribution >= 0.6 is 0 Å². The number of anilines is 2. The van der Waals surface area contributed by atoms with Gasteiger partial charge in [0.1, 0.15) is 24.1 Å². The minimum Gasteiger partial charge on any atom is -0.445 e. The summed E-state index contributed by atoms with van der Waals surface area (Å²) < 4.78 is 24.4. The van der Waals surface area contributed by atoms with Gasteiger partial charge >= 0.3 is 12.2 Å². The lowest BCUT2D eigenvalue weighted by Gasteiger charge is -2.40. The highest BCUT2D eigenvalue weighted by atomic mass is 19.1. The highest BCUT2D eigenvalue weighted by Gasteiger charge is 2.34. The largest absolute Gasteiger partial charge is 0.445 e. The van der Waals surface area contributed by atoms with E-state index in [0.717, 1.165) is 5.56 Å². The highest BCUT2D eigenvalue weighted by molar-refractivity contribution is 5.98. The molecule has 0 aromatic heterocycles. The Morgan fingerprint density at radius 1 is 1.09 bits per heavy atom. The minimum absolute atomic E-state index is 0.0781. The Bertz CT molecular complexity index is 1050. The van der Waals surface area contributed by atoms with Gasteiger partial charge in [0, 0.05) is 13.1 Å². The van der Waals surface area contributed by atoms with E-state index in [2.05, 4.69) is 16.0 Å². The third kappa shape index (κ3) is 7.87. The van der Waals surface area contributed by atoms with Crippen LogP contribution < -0.4 is 16.0 Å². The summed E-state index contributed by atoms with van der Waals surface area (Å²) in [5.41, 5.74) is 0.946. The first-order chi connectivity index (χ1) is 16.5. The van der Waals surface area contributed by atoms with Crippen molar-refractivity contribution in [1.29, 1.82) is 0 Å². The molecule has 1 aliphatic heterocycles. The first kappa shape index (κ1) is 25.8. The van der Waals surface area contributed by atoms with Crippen molar-refractivity contribution in [3.63, 3.8) is 0 Å². The minimum atomic E-state index is -0.900. The third-order valence-electron chi connectivity index (χ3n) is 5.07. The van der Waals surface area contributed by atoms with Gasteiger partial charge in [-0.3, -0.25) is 4.79 Å². The maximum absolute atomic E-state index is 13.9. The predicted molar refractivity (Wildman–Crippen MR) is 129 cm³/mol. The van der Waals surface area contributed by atoms with Crippen molar-refractivity contribution in [2.24, 2.45) is 0 Å². The topological polar surface area (TPSA) is 109 Å². The van der Waals surface area contributed by atoms with Crippen LogP contribution in [0.5, 0.6) is 0 Å². The Kier molecular flexibility index (Phi) is 8.16. The van der Waals surface area contributed by atoms with Crippen LogP contribution in [0.2, 0.25) is 0 Å². The lowest BCUT2D eigenvalue weighted by atomic mass is 10.1. The number of alkyl carbamates (subject to hydrolysis) is 1. The summed E-state index contributed by atoms with van der Waals surface area (Å²) in [6, 6.07) is 12.0. The van der Waals surface area contributed by atoms with Gasteiger partial charge in [-0.15, -0.1) is 0 Å². The smallest absolute Gasteiger partial charge is 0.410 e. The number of amides is 3. The predicted octanol–water partition coefficient (Wildman–Crippen LogP) is 4.11. The Labute approximate surface area is 204 Å². The second-order valence-corrected chi connectivity index (χ2v) is 9.33. The number of rotatable bonds is 7. The molecule has 0 bridgehead atoms. The summed E-state index contributed by atoms with van der Waals surface area (Å²) in [6.45, 7) is 7.73. The summed E-state index contributed by atoms with van der Waals surface area (Å²) >= 11 is 0. The third-order valence-corrected chi connectivity index (χ3v) is 5.07. The molecular formula is C25H31FN4O5. The number of carbonyl (C=O) groups is 3. The van der Waals surface area contributed by atoms with Crippen molar-refractivity contribution in [2.75, 3.05) is 23.7 Å². The molecule has 3 N–H and O–H groups in total. The van der Waals surface area contributed by atoms with Crippen molar-refractivity contribution in [2.45, 2.75) is 52.0 Å². The molecule has 0 spiro atoms. The number of nitrogens with zero attached hydrogens (tertiary/aromatic N) is 1. The van der Waals surface area contributed by atoms with E-state index in [-0.39, 0.29) is 12.6 Å². The molecule has 0 aliphatic carbocycles. The van der Waals surface area contributed by atoms with Gasteiger partial charge in [-0.05, 0) is 51.5 Å². The van der Waals surface area contributed by atoms with Gasteiger partial charge < -0.3 is 30.3 Å². The van der Waals surface area contributed by atoms with Crippen LogP contribution in [0.15, 0.2) is 48.5 Å². The van der Waals surface area contributed by atoms with E-state index in [1.807, 2.05) is 30.3 Å². The van der Waals surface area contributed by atoms with E-state index in [9.17, 15) is 18.8 Å². The van der Waals surface area contributed by atoms with Crippen LogP contribution in [0.25, 0.3) is 0 Å². The average Bonchev–Trinajstić information content (AvgIpc) is 2.75. The monoisotopic (exact) mass is 486 g/mol. The molecular weight excluding hydrogens is 455 g/mol. The molecule has 3 rings (SSSR count). The Hall–Kier alpha value is -3.82. The van der Waals surface area contributed by atoms with E-state index >= 15 is 0 Å². The molecule has 2 aromatic rings. The fourth-order valence-corrected chi connectivity index (χ4v) is 3.26. The van der Waals surface area contributed by atoms with Crippen molar-refractivity contribution < 1.29 is 28.2 Å². The highest BCUT2D eigenvalue weighted by Crippen LogP contribution is 2.26. The van der Waals surface area contributed by atoms with E-state index < -0.39 is 35.6 Å². The lowest BCUT2D eigenvalue weighted by Crippen LogP contribution is -2.58. The second kappa shape index (κ2) is 11.1. The SMILES string of the molecule is CC(NC(=O)OCc1ccccc1)C(=O)Nc1ccc(F)cc1NC1CN(C(=O)OC(C)(C)C)C1. The van der Waals surface area contributed by atoms with E-state index in [4.69, 9.17) is 9.47 Å². The number of carbonyl (C=O) groups excluding carboxylic acids is 3. The van der Waals surface area contributed by atoms with E-state index in [0.29, 0.717) is 24.5 Å². The van der Waals surface area contributed by atoms with Crippen molar-refractivity contribution in [3.8, 4) is 0 Å². The van der Waals surface area contributed by atoms with Crippen LogP contribution in [-0.4, -0.2) is 53.8 Å². The first-order valence-corrected chi connectivity index (χ1v) is 11.3. The van der Waals surface area contributed by atoms with Gasteiger partial charge in [-0.25, -0.2) is 14.0 Å². The number of hydrogen-bond acceptors (Lipinski definition) is 6. The molecule has 2 aromatic carbocycles. The normalized spacial score (nSPS) is 14.4. The van der Waals surface area contributed by atoms with Gasteiger partial charge in [0.25, 0.3) is 0 Å². The Balaban J connectivity index is 1.51. The van der Waals surface area contributed by atoms with Crippen molar-refractivity contribution >= 4 is 29.5 Å². The number of halogens is 1. The molecule has 1 fully saturated rings. The zero-order chi connectivity index (χ0) is 25.6. The molecule has 1 heterocycles. The second-order valence-electron chi connectivity index (χ2n) is 9.33. The summed E-state index contributed by atoms with van der Waals surface area (Å²) in [7, 11) is 0. The quantitative estimate of drug-likeness (QED) is 0.544. The number of ether oxygens (including phenoxy) is 2. The maximum atomic E-state index is 13.9. The van der Waals surface area contributed by atoms with E-state index in [1.54, 1.807) is 20.8 Å². The first-order valence-electron chi connectivity index (χ1n) is 11.3. The van der Waals surface area contributed by atoms with Crippen molar-refractivity contribution in [3.05, 3.63) is 59.9 Å². The Morgan fingerprint density at radius 2 is 1.77 bits per heavy atom. The van der Waals surface area contributed by atoms with E-state index in [1.165, 1.54) is 30.0 Å². The lowest BCUT2D eigenvalue weighted by molar-refractivity contribution is -0.117.